The van der Waals surface area contributed by atoms with E-state index in [1.165, 1.54) is 0 Å². The summed E-state index contributed by atoms with van der Waals surface area (Å²) in [6.45, 7) is 1.53. The monoisotopic (exact) mass is 217 g/mol. The Labute approximate surface area is 95.1 Å². The summed E-state index contributed by atoms with van der Waals surface area (Å²) in [6, 6.07) is 6.45. The highest BCUT2D eigenvalue weighted by molar-refractivity contribution is 5.78. The molecule has 0 unspecified atom stereocenters. The first-order valence-corrected chi connectivity index (χ1v) is 5.58. The molecule has 4 nitrogen and oxygen atoms in total. The minimum Gasteiger partial charge on any atom is -0.351 e. The minimum absolute atomic E-state index is 0.00812. The number of piperidine rings is 1. The van der Waals surface area contributed by atoms with Crippen molar-refractivity contribution in [2.24, 2.45) is 0 Å². The Morgan fingerprint density at radius 3 is 2.50 bits per heavy atom. The lowest BCUT2D eigenvalue weighted by atomic mass is 10.0. The Hall–Kier alpha value is -1.76. The molecule has 2 rings (SSSR count). The summed E-state index contributed by atoms with van der Waals surface area (Å²) in [7, 11) is 0. The van der Waals surface area contributed by atoms with Gasteiger partial charge >= 0.3 is 0 Å². The molecule has 2 heterocycles. The van der Waals surface area contributed by atoms with Gasteiger partial charge in [-0.3, -0.25) is 4.79 Å². The van der Waals surface area contributed by atoms with Crippen molar-refractivity contribution in [1.82, 2.24) is 9.47 Å². The van der Waals surface area contributed by atoms with E-state index in [1.54, 1.807) is 4.90 Å². The van der Waals surface area contributed by atoms with Crippen molar-refractivity contribution in [3.8, 4) is 6.07 Å². The molecule has 1 aliphatic rings. The third-order valence-electron chi connectivity index (χ3n) is 3.10. The highest BCUT2D eigenvalue weighted by Gasteiger charge is 2.22. The van der Waals surface area contributed by atoms with Crippen molar-refractivity contribution < 1.29 is 4.79 Å². The normalized spacial score (nSPS) is 17.1. The smallest absolute Gasteiger partial charge is 0.236 e. The van der Waals surface area contributed by atoms with Gasteiger partial charge in [0, 0.05) is 31.5 Å². The lowest BCUT2D eigenvalue weighted by Gasteiger charge is -2.32. The lowest BCUT2D eigenvalue weighted by molar-refractivity contribution is -0.131. The number of rotatable bonds is 2. The van der Waals surface area contributed by atoms with E-state index in [9.17, 15) is 4.79 Å². The molecule has 0 N–H and O–H groups in total. The van der Waals surface area contributed by atoms with Crippen LogP contribution in [0.5, 0.6) is 0 Å². The fourth-order valence-corrected chi connectivity index (χ4v) is 2.18. The van der Waals surface area contributed by atoms with Gasteiger partial charge in [0.2, 0.25) is 5.91 Å². The maximum absolute atomic E-state index is 11.5. The summed E-state index contributed by atoms with van der Waals surface area (Å²) in [4.78, 5) is 13.3. The second kappa shape index (κ2) is 4.84. The number of nitriles is 1. The van der Waals surface area contributed by atoms with Crippen LogP contribution in [0.2, 0.25) is 0 Å². The van der Waals surface area contributed by atoms with E-state index < -0.39 is 0 Å². The summed E-state index contributed by atoms with van der Waals surface area (Å²) in [5.74, 6) is -0.0338. The third kappa shape index (κ3) is 2.25. The van der Waals surface area contributed by atoms with Crippen LogP contribution in [-0.4, -0.2) is 28.5 Å². The number of likely N-dealkylation sites (tertiary alicyclic amines) is 1. The van der Waals surface area contributed by atoms with Crippen molar-refractivity contribution in [1.29, 1.82) is 5.26 Å². The second-order valence-corrected chi connectivity index (χ2v) is 4.08. The number of nitrogens with zero attached hydrogens (tertiary/aromatic N) is 3. The van der Waals surface area contributed by atoms with E-state index in [4.69, 9.17) is 5.26 Å². The molecule has 1 amide bonds. The quantitative estimate of drug-likeness (QED) is 0.755. The Morgan fingerprint density at radius 2 is 1.94 bits per heavy atom. The van der Waals surface area contributed by atoms with Crippen LogP contribution < -0.4 is 0 Å². The van der Waals surface area contributed by atoms with Crippen LogP contribution in [0.4, 0.5) is 0 Å². The molecule has 0 aromatic carbocycles. The molecule has 1 fully saturated rings. The van der Waals surface area contributed by atoms with Crippen LogP contribution in [-0.2, 0) is 4.79 Å². The van der Waals surface area contributed by atoms with E-state index >= 15 is 0 Å². The molecule has 4 heteroatoms. The van der Waals surface area contributed by atoms with E-state index in [-0.39, 0.29) is 12.3 Å². The predicted octanol–water partition coefficient (Wildman–Crippen LogP) is 1.57. The van der Waals surface area contributed by atoms with Gasteiger partial charge in [0.15, 0.2) is 0 Å². The molecular formula is C12H15N3O. The van der Waals surface area contributed by atoms with Crippen LogP contribution in [0.15, 0.2) is 24.5 Å². The Balaban J connectivity index is 1.88. The molecule has 0 atom stereocenters. The van der Waals surface area contributed by atoms with Gasteiger partial charge in [-0.2, -0.15) is 5.26 Å². The maximum atomic E-state index is 11.5. The van der Waals surface area contributed by atoms with Crippen LogP contribution >= 0.6 is 0 Å². The van der Waals surface area contributed by atoms with E-state index in [2.05, 4.69) is 17.0 Å². The van der Waals surface area contributed by atoms with E-state index in [0.29, 0.717) is 6.04 Å². The van der Waals surface area contributed by atoms with Crippen LogP contribution in [0.25, 0.3) is 0 Å². The zero-order valence-corrected chi connectivity index (χ0v) is 9.17. The molecule has 16 heavy (non-hydrogen) atoms. The van der Waals surface area contributed by atoms with Crippen molar-refractivity contribution >= 4 is 5.91 Å². The molecule has 1 aliphatic heterocycles. The van der Waals surface area contributed by atoms with Gasteiger partial charge in [-0.05, 0) is 25.0 Å². The van der Waals surface area contributed by atoms with Gasteiger partial charge in [-0.25, -0.2) is 0 Å². The number of aromatic nitrogens is 1. The van der Waals surface area contributed by atoms with E-state index in [1.807, 2.05) is 18.2 Å². The molecule has 1 aromatic rings. The number of amides is 1. The highest BCUT2D eigenvalue weighted by Crippen LogP contribution is 2.22. The van der Waals surface area contributed by atoms with Gasteiger partial charge in [0.25, 0.3) is 0 Å². The number of carbonyl (C=O) groups is 1. The number of hydrogen-bond donors (Lipinski definition) is 0. The zero-order valence-electron chi connectivity index (χ0n) is 9.17. The number of carbonyl (C=O) groups excluding carboxylic acids is 1. The van der Waals surface area contributed by atoms with Crippen LogP contribution in [0, 0.1) is 11.3 Å². The summed E-state index contributed by atoms with van der Waals surface area (Å²) in [6.07, 6.45) is 6.10. The molecule has 1 aromatic heterocycles. The third-order valence-corrected chi connectivity index (χ3v) is 3.10. The highest BCUT2D eigenvalue weighted by atomic mass is 16.2. The molecule has 0 spiro atoms. The fourth-order valence-electron chi connectivity index (χ4n) is 2.18. The van der Waals surface area contributed by atoms with Crippen molar-refractivity contribution in [2.45, 2.75) is 25.3 Å². The molecule has 0 aliphatic carbocycles. The van der Waals surface area contributed by atoms with Crippen molar-refractivity contribution in [3.63, 3.8) is 0 Å². The largest absolute Gasteiger partial charge is 0.351 e. The molecule has 84 valence electrons. The first-order valence-electron chi connectivity index (χ1n) is 5.58. The Bertz CT molecular complexity index is 383. The van der Waals surface area contributed by atoms with Crippen LogP contribution in [0.1, 0.15) is 25.3 Å². The Morgan fingerprint density at radius 1 is 1.31 bits per heavy atom. The van der Waals surface area contributed by atoms with Crippen LogP contribution in [0.3, 0.4) is 0 Å². The Kier molecular flexibility index (Phi) is 3.25. The predicted molar refractivity (Wildman–Crippen MR) is 59.5 cm³/mol. The molecule has 0 radical (unpaired) electrons. The summed E-state index contributed by atoms with van der Waals surface area (Å²) >= 11 is 0. The van der Waals surface area contributed by atoms with Gasteiger partial charge in [0.1, 0.15) is 6.42 Å². The average Bonchev–Trinajstić information content (AvgIpc) is 2.83. The molecule has 0 bridgehead atoms. The molecular weight excluding hydrogens is 202 g/mol. The topological polar surface area (TPSA) is 49.0 Å². The molecule has 0 saturated carbocycles. The first kappa shape index (κ1) is 10.7. The number of hydrogen-bond acceptors (Lipinski definition) is 2. The van der Waals surface area contributed by atoms with Gasteiger partial charge < -0.3 is 9.47 Å². The summed E-state index contributed by atoms with van der Waals surface area (Å²) < 4.78 is 2.20. The minimum atomic E-state index is -0.0338. The SMILES string of the molecule is N#CCC(=O)N1CCC(n2cccc2)CC1. The van der Waals surface area contributed by atoms with Gasteiger partial charge in [-0.15, -0.1) is 0 Å². The standard InChI is InChI=1S/C12H15N3O/c13-6-3-12(16)15-9-4-11(5-10-15)14-7-1-2-8-14/h1-2,7-8,11H,3-5,9-10H2. The summed E-state index contributed by atoms with van der Waals surface area (Å²) in [5.41, 5.74) is 0. The van der Waals surface area contributed by atoms with E-state index in [0.717, 1.165) is 25.9 Å². The zero-order chi connectivity index (χ0) is 11.4. The van der Waals surface area contributed by atoms with Crippen molar-refractivity contribution in [3.05, 3.63) is 24.5 Å². The fraction of sp³-hybridized carbons (Fsp3) is 0.500. The lowest BCUT2D eigenvalue weighted by Crippen LogP contribution is -2.38. The van der Waals surface area contributed by atoms with Crippen molar-refractivity contribution in [2.75, 3.05) is 13.1 Å². The molecule has 1 saturated heterocycles. The average molecular weight is 217 g/mol. The first-order chi connectivity index (χ1) is 7.81. The second-order valence-electron chi connectivity index (χ2n) is 4.08. The van der Waals surface area contributed by atoms with Gasteiger partial charge in [-0.1, -0.05) is 0 Å². The summed E-state index contributed by atoms with van der Waals surface area (Å²) in [5, 5.41) is 8.47. The van der Waals surface area contributed by atoms with Gasteiger partial charge in [0.05, 0.1) is 6.07 Å². The maximum Gasteiger partial charge on any atom is 0.236 e.